The predicted octanol–water partition coefficient (Wildman–Crippen LogP) is 6.13. The molecule has 3 nitrogen and oxygen atoms in total. The van der Waals surface area contributed by atoms with Crippen LogP contribution in [0, 0.1) is 11.6 Å². The molecule has 1 fully saturated rings. The van der Waals surface area contributed by atoms with Crippen LogP contribution in [0.3, 0.4) is 0 Å². The second-order valence-corrected chi connectivity index (χ2v) is 7.25. The third-order valence-electron chi connectivity index (χ3n) is 5.04. The van der Waals surface area contributed by atoms with E-state index in [9.17, 15) is 8.78 Å². The van der Waals surface area contributed by atoms with Crippen LogP contribution in [0.4, 0.5) is 8.78 Å². The normalized spacial score (nSPS) is 19.4. The van der Waals surface area contributed by atoms with Crippen molar-refractivity contribution in [1.82, 2.24) is 0 Å². The van der Waals surface area contributed by atoms with Gasteiger partial charge in [0.25, 0.3) is 0 Å². The van der Waals surface area contributed by atoms with Crippen LogP contribution in [-0.2, 0) is 4.74 Å². The van der Waals surface area contributed by atoms with Gasteiger partial charge in [0.2, 0.25) is 11.6 Å². The quantitative estimate of drug-likeness (QED) is 0.532. The summed E-state index contributed by atoms with van der Waals surface area (Å²) in [5.41, 5.74) is 2.44. The topological polar surface area (TPSA) is 27.7 Å². The van der Waals surface area contributed by atoms with Gasteiger partial charge < -0.3 is 14.2 Å². The molecule has 0 saturated carbocycles. The molecular weight excluding hydrogens is 374 g/mol. The smallest absolute Gasteiger partial charge is 0.204 e. The summed E-state index contributed by atoms with van der Waals surface area (Å²) in [6.07, 6.45) is 6.45. The van der Waals surface area contributed by atoms with Gasteiger partial charge in [-0.3, -0.25) is 0 Å². The molecule has 2 aromatic rings. The van der Waals surface area contributed by atoms with Crippen LogP contribution in [0.25, 0.3) is 6.08 Å². The van der Waals surface area contributed by atoms with E-state index in [1.54, 1.807) is 0 Å². The van der Waals surface area contributed by atoms with Crippen molar-refractivity contribution >= 4 is 6.08 Å². The average Bonchev–Trinajstić information content (AvgIpc) is 2.75. The Morgan fingerprint density at radius 2 is 1.69 bits per heavy atom. The number of halogens is 2. The Labute approximate surface area is 171 Å². The summed E-state index contributed by atoms with van der Waals surface area (Å²) < 4.78 is 44.8. The summed E-state index contributed by atoms with van der Waals surface area (Å²) in [4.78, 5) is 0. The summed E-state index contributed by atoms with van der Waals surface area (Å²) in [6.45, 7) is 5.03. The first-order chi connectivity index (χ1) is 14.1. The Kier molecular flexibility index (Phi) is 7.64. The van der Waals surface area contributed by atoms with Crippen molar-refractivity contribution in [2.24, 2.45) is 0 Å². The molecule has 1 aliphatic heterocycles. The van der Waals surface area contributed by atoms with Gasteiger partial charge in [0.05, 0.1) is 19.3 Å². The monoisotopic (exact) mass is 402 g/mol. The Morgan fingerprint density at radius 1 is 1.00 bits per heavy atom. The van der Waals surface area contributed by atoms with Crippen LogP contribution in [0.2, 0.25) is 0 Å². The second kappa shape index (κ2) is 10.4. The van der Waals surface area contributed by atoms with E-state index in [1.165, 1.54) is 23.3 Å². The molecule has 5 heteroatoms. The second-order valence-electron chi connectivity index (χ2n) is 7.25. The van der Waals surface area contributed by atoms with E-state index in [1.807, 2.05) is 19.9 Å². The number of hydrogen-bond donors (Lipinski definition) is 0. The first-order valence-electron chi connectivity index (χ1n) is 10.2. The lowest BCUT2D eigenvalue weighted by atomic mass is 9.91. The molecule has 0 N–H and O–H groups in total. The average molecular weight is 402 g/mol. The van der Waals surface area contributed by atoms with Crippen LogP contribution in [0.1, 0.15) is 50.2 Å². The Bertz CT molecular complexity index is 810. The van der Waals surface area contributed by atoms with Gasteiger partial charge in [-0.1, -0.05) is 43.3 Å². The molecule has 2 unspecified atom stereocenters. The van der Waals surface area contributed by atoms with Gasteiger partial charge in [0, 0.05) is 5.92 Å². The Balaban J connectivity index is 1.50. The molecule has 2 atom stereocenters. The number of ether oxygens (including phenoxy) is 3. The van der Waals surface area contributed by atoms with Gasteiger partial charge in [-0.2, -0.15) is 8.78 Å². The Morgan fingerprint density at radius 3 is 2.28 bits per heavy atom. The van der Waals surface area contributed by atoms with Crippen molar-refractivity contribution in [2.45, 2.75) is 45.1 Å². The first kappa shape index (κ1) is 21.3. The number of hydrogen-bond acceptors (Lipinski definition) is 3. The van der Waals surface area contributed by atoms with Gasteiger partial charge in [-0.05, 0) is 49.4 Å². The number of rotatable bonds is 8. The highest BCUT2D eigenvalue weighted by atomic mass is 19.2. The molecule has 29 heavy (non-hydrogen) atoms. The van der Waals surface area contributed by atoms with Crippen molar-refractivity contribution < 1.29 is 23.0 Å². The summed E-state index contributed by atoms with van der Waals surface area (Å²) >= 11 is 0. The van der Waals surface area contributed by atoms with Crippen LogP contribution in [0.15, 0.2) is 42.5 Å². The summed E-state index contributed by atoms with van der Waals surface area (Å²) in [5.74, 6) is -1.89. The minimum absolute atomic E-state index is 0.0890. The highest BCUT2D eigenvalue weighted by Gasteiger charge is 2.24. The van der Waals surface area contributed by atoms with Crippen molar-refractivity contribution in [3.05, 3.63) is 65.2 Å². The third-order valence-corrected chi connectivity index (χ3v) is 5.04. The predicted molar refractivity (Wildman–Crippen MR) is 111 cm³/mol. The van der Waals surface area contributed by atoms with Crippen LogP contribution in [0.5, 0.6) is 11.5 Å². The zero-order valence-electron chi connectivity index (χ0n) is 17.0. The van der Waals surface area contributed by atoms with Crippen LogP contribution < -0.4 is 9.47 Å². The fourth-order valence-electron chi connectivity index (χ4n) is 3.40. The SMILES string of the molecule is CC=Cc1ccc(C2CCC(COc3ccc(OCCC)c(F)c3F)OC2)cc1. The van der Waals surface area contributed by atoms with E-state index >= 15 is 0 Å². The van der Waals surface area contributed by atoms with Gasteiger partial charge in [-0.15, -0.1) is 0 Å². The molecule has 3 rings (SSSR count). The molecular formula is C24H28F2O3. The maximum Gasteiger partial charge on any atom is 0.204 e. The highest BCUT2D eigenvalue weighted by Crippen LogP contribution is 2.31. The largest absolute Gasteiger partial charge is 0.490 e. The highest BCUT2D eigenvalue weighted by molar-refractivity contribution is 5.49. The van der Waals surface area contributed by atoms with E-state index in [0.717, 1.165) is 19.3 Å². The van der Waals surface area contributed by atoms with Gasteiger partial charge in [0.15, 0.2) is 11.5 Å². The lowest BCUT2D eigenvalue weighted by Gasteiger charge is -2.29. The number of benzene rings is 2. The molecule has 156 valence electrons. The minimum Gasteiger partial charge on any atom is -0.490 e. The molecule has 0 radical (unpaired) electrons. The molecule has 0 amide bonds. The van der Waals surface area contributed by atoms with E-state index in [0.29, 0.717) is 19.1 Å². The van der Waals surface area contributed by atoms with Crippen molar-refractivity contribution in [1.29, 1.82) is 0 Å². The summed E-state index contributed by atoms with van der Waals surface area (Å²) in [5, 5.41) is 0. The zero-order valence-corrected chi connectivity index (χ0v) is 17.0. The summed E-state index contributed by atoms with van der Waals surface area (Å²) in [7, 11) is 0. The van der Waals surface area contributed by atoms with Crippen molar-refractivity contribution in [2.75, 3.05) is 19.8 Å². The molecule has 0 spiro atoms. The lowest BCUT2D eigenvalue weighted by molar-refractivity contribution is -0.0219. The van der Waals surface area contributed by atoms with E-state index in [4.69, 9.17) is 14.2 Å². The minimum atomic E-state index is -1.02. The van der Waals surface area contributed by atoms with E-state index in [-0.39, 0.29) is 24.2 Å². The lowest BCUT2D eigenvalue weighted by Crippen LogP contribution is -2.29. The summed E-state index contributed by atoms with van der Waals surface area (Å²) in [6, 6.07) is 11.3. The zero-order chi connectivity index (χ0) is 20.6. The standard InChI is InChI=1S/C24H28F2O3/c1-3-5-17-6-8-18(9-7-17)19-10-11-20(28-15-19)16-29-22-13-12-21(27-14-4-2)23(25)24(22)26/h3,5-9,12-13,19-20H,4,10-11,14-16H2,1-2H3. The van der Waals surface area contributed by atoms with E-state index in [2.05, 4.69) is 30.3 Å². The molecule has 1 aliphatic rings. The van der Waals surface area contributed by atoms with Crippen LogP contribution in [-0.4, -0.2) is 25.9 Å². The fourth-order valence-corrected chi connectivity index (χ4v) is 3.40. The Hall–Kier alpha value is -2.40. The van der Waals surface area contributed by atoms with Gasteiger partial charge >= 0.3 is 0 Å². The van der Waals surface area contributed by atoms with Crippen molar-refractivity contribution in [3.63, 3.8) is 0 Å². The maximum atomic E-state index is 14.2. The van der Waals surface area contributed by atoms with Crippen LogP contribution >= 0.6 is 0 Å². The molecule has 2 aromatic carbocycles. The maximum absolute atomic E-state index is 14.2. The first-order valence-corrected chi connectivity index (χ1v) is 10.2. The van der Waals surface area contributed by atoms with Crippen molar-refractivity contribution in [3.8, 4) is 11.5 Å². The molecule has 0 aromatic heterocycles. The van der Waals surface area contributed by atoms with Gasteiger partial charge in [0.1, 0.15) is 6.61 Å². The molecule has 0 bridgehead atoms. The van der Waals surface area contributed by atoms with E-state index < -0.39 is 11.6 Å². The molecule has 1 heterocycles. The molecule has 1 saturated heterocycles. The number of allylic oxidation sites excluding steroid dienone is 1. The molecule has 0 aliphatic carbocycles. The fraction of sp³-hybridized carbons (Fsp3) is 0.417. The third kappa shape index (κ3) is 5.57. The van der Waals surface area contributed by atoms with Gasteiger partial charge in [-0.25, -0.2) is 0 Å².